The summed E-state index contributed by atoms with van der Waals surface area (Å²) in [4.78, 5) is 14.2. The van der Waals surface area contributed by atoms with Crippen molar-refractivity contribution in [3.05, 3.63) is 24.3 Å². The molecule has 2 aromatic rings. The van der Waals surface area contributed by atoms with E-state index >= 15 is 0 Å². The highest BCUT2D eigenvalue weighted by molar-refractivity contribution is 7.99. The van der Waals surface area contributed by atoms with Crippen LogP contribution >= 0.6 is 11.8 Å². The number of aromatic hydroxyl groups is 1. The van der Waals surface area contributed by atoms with Gasteiger partial charge in [-0.05, 0) is 37.1 Å². The summed E-state index contributed by atoms with van der Waals surface area (Å²) in [6.07, 6.45) is 4.58. The number of benzene rings is 1. The zero-order valence-corrected chi connectivity index (χ0v) is 13.6. The average Bonchev–Trinajstić information content (AvgIpc) is 2.86. The predicted octanol–water partition coefficient (Wildman–Crippen LogP) is 2.94. The van der Waals surface area contributed by atoms with Gasteiger partial charge in [0.25, 0.3) is 5.22 Å². The Morgan fingerprint density at radius 2 is 1.83 bits per heavy atom. The maximum absolute atomic E-state index is 12.2. The van der Waals surface area contributed by atoms with Gasteiger partial charge in [-0.15, -0.1) is 10.2 Å². The van der Waals surface area contributed by atoms with Crippen molar-refractivity contribution in [1.29, 1.82) is 0 Å². The first-order valence-corrected chi connectivity index (χ1v) is 8.74. The molecule has 1 aromatic heterocycles. The Balaban J connectivity index is 1.56. The van der Waals surface area contributed by atoms with Crippen LogP contribution in [0.2, 0.25) is 0 Å². The molecule has 0 spiro atoms. The zero-order valence-electron chi connectivity index (χ0n) is 12.8. The number of carbonyl (C=O) groups excluding carboxylic acids is 1. The minimum absolute atomic E-state index is 0.126. The molecule has 122 valence electrons. The Morgan fingerprint density at radius 1 is 1.13 bits per heavy atom. The van der Waals surface area contributed by atoms with E-state index in [1.165, 1.54) is 24.6 Å². The summed E-state index contributed by atoms with van der Waals surface area (Å²) in [6.45, 7) is 1.70. The van der Waals surface area contributed by atoms with Gasteiger partial charge in [0.15, 0.2) is 0 Å². The van der Waals surface area contributed by atoms with E-state index in [9.17, 15) is 9.90 Å². The molecule has 2 heterocycles. The molecule has 1 aromatic carbocycles. The molecule has 0 aliphatic carbocycles. The number of hydrogen-bond donors (Lipinski definition) is 1. The van der Waals surface area contributed by atoms with Crippen LogP contribution in [-0.4, -0.2) is 45.0 Å². The molecule has 0 bridgehead atoms. The van der Waals surface area contributed by atoms with E-state index in [4.69, 9.17) is 4.42 Å². The second-order valence-corrected chi connectivity index (χ2v) is 6.43. The van der Waals surface area contributed by atoms with E-state index < -0.39 is 0 Å². The van der Waals surface area contributed by atoms with Crippen molar-refractivity contribution in [3.8, 4) is 17.2 Å². The van der Waals surface area contributed by atoms with Crippen LogP contribution in [0.15, 0.2) is 33.9 Å². The molecule has 0 atom stereocenters. The molecule has 3 rings (SSSR count). The van der Waals surface area contributed by atoms with Crippen LogP contribution in [0.5, 0.6) is 5.75 Å². The van der Waals surface area contributed by atoms with Gasteiger partial charge in [-0.1, -0.05) is 24.6 Å². The Labute approximate surface area is 138 Å². The van der Waals surface area contributed by atoms with Gasteiger partial charge in [0.05, 0.1) is 5.75 Å². The molecule has 1 N–H and O–H groups in total. The number of aromatic nitrogens is 2. The van der Waals surface area contributed by atoms with Crippen LogP contribution in [-0.2, 0) is 4.79 Å². The summed E-state index contributed by atoms with van der Waals surface area (Å²) in [5.41, 5.74) is 0.737. The van der Waals surface area contributed by atoms with E-state index in [0.717, 1.165) is 31.5 Å². The number of amides is 1. The van der Waals surface area contributed by atoms with Crippen molar-refractivity contribution in [1.82, 2.24) is 15.1 Å². The summed E-state index contributed by atoms with van der Waals surface area (Å²) in [6, 6.07) is 6.55. The van der Waals surface area contributed by atoms with Crippen molar-refractivity contribution < 1.29 is 14.3 Å². The molecule has 0 saturated carbocycles. The maximum atomic E-state index is 12.2. The van der Waals surface area contributed by atoms with Crippen molar-refractivity contribution in [2.45, 2.75) is 30.9 Å². The Morgan fingerprint density at radius 3 is 2.52 bits per heavy atom. The number of hydrogen-bond acceptors (Lipinski definition) is 6. The number of thioether (sulfide) groups is 1. The van der Waals surface area contributed by atoms with Crippen LogP contribution < -0.4 is 0 Å². The third kappa shape index (κ3) is 4.25. The first kappa shape index (κ1) is 15.9. The smallest absolute Gasteiger partial charge is 0.277 e. The van der Waals surface area contributed by atoms with Crippen molar-refractivity contribution >= 4 is 17.7 Å². The second-order valence-electron chi connectivity index (χ2n) is 5.50. The third-order valence-electron chi connectivity index (χ3n) is 3.80. The van der Waals surface area contributed by atoms with Gasteiger partial charge in [-0.2, -0.15) is 0 Å². The molecule has 7 heteroatoms. The van der Waals surface area contributed by atoms with Gasteiger partial charge in [-0.25, -0.2) is 0 Å². The van der Waals surface area contributed by atoms with Crippen LogP contribution in [0.1, 0.15) is 25.7 Å². The molecule has 0 unspecified atom stereocenters. The normalized spacial score (nSPS) is 15.4. The van der Waals surface area contributed by atoms with Crippen LogP contribution in [0, 0.1) is 0 Å². The summed E-state index contributed by atoms with van der Waals surface area (Å²) in [5.74, 6) is 1.01. The van der Waals surface area contributed by atoms with Gasteiger partial charge >= 0.3 is 0 Å². The summed E-state index contributed by atoms with van der Waals surface area (Å²) < 4.78 is 5.56. The monoisotopic (exact) mass is 333 g/mol. The lowest BCUT2D eigenvalue weighted by molar-refractivity contribution is -0.128. The summed E-state index contributed by atoms with van der Waals surface area (Å²) in [7, 11) is 0. The first-order valence-electron chi connectivity index (χ1n) is 7.76. The lowest BCUT2D eigenvalue weighted by atomic mass is 10.2. The van der Waals surface area contributed by atoms with Gasteiger partial charge in [0.2, 0.25) is 11.8 Å². The molecule has 0 radical (unpaired) electrons. The minimum atomic E-state index is 0.126. The number of rotatable bonds is 4. The van der Waals surface area contributed by atoms with E-state index in [2.05, 4.69) is 10.2 Å². The third-order valence-corrected chi connectivity index (χ3v) is 4.60. The summed E-state index contributed by atoms with van der Waals surface area (Å²) >= 11 is 1.27. The average molecular weight is 333 g/mol. The van der Waals surface area contributed by atoms with Crippen LogP contribution in [0.4, 0.5) is 0 Å². The molecule has 1 aliphatic heterocycles. The number of likely N-dealkylation sites (tertiary alicyclic amines) is 1. The highest BCUT2D eigenvalue weighted by Gasteiger charge is 2.17. The van der Waals surface area contributed by atoms with Crippen LogP contribution in [0.3, 0.4) is 0 Å². The number of nitrogens with zero attached hydrogens (tertiary/aromatic N) is 3. The van der Waals surface area contributed by atoms with Gasteiger partial charge in [-0.3, -0.25) is 4.79 Å². The number of carbonyl (C=O) groups is 1. The molecular weight excluding hydrogens is 314 g/mol. The fourth-order valence-corrected chi connectivity index (χ4v) is 3.19. The van der Waals surface area contributed by atoms with Gasteiger partial charge in [0, 0.05) is 18.7 Å². The van der Waals surface area contributed by atoms with Gasteiger partial charge < -0.3 is 14.4 Å². The zero-order chi connectivity index (χ0) is 16.1. The summed E-state index contributed by atoms with van der Waals surface area (Å²) in [5, 5.41) is 17.6. The van der Waals surface area contributed by atoms with E-state index in [-0.39, 0.29) is 11.7 Å². The van der Waals surface area contributed by atoms with E-state index in [1.54, 1.807) is 24.3 Å². The minimum Gasteiger partial charge on any atom is -0.508 e. The molecule has 23 heavy (non-hydrogen) atoms. The lowest BCUT2D eigenvalue weighted by Gasteiger charge is -2.19. The first-order chi connectivity index (χ1) is 11.2. The predicted molar refractivity (Wildman–Crippen MR) is 87.2 cm³/mol. The largest absolute Gasteiger partial charge is 0.508 e. The quantitative estimate of drug-likeness (QED) is 0.867. The van der Waals surface area contributed by atoms with Gasteiger partial charge in [0.1, 0.15) is 5.75 Å². The topological polar surface area (TPSA) is 79.5 Å². The molecule has 1 fully saturated rings. The second kappa shape index (κ2) is 7.50. The van der Waals surface area contributed by atoms with E-state index in [0.29, 0.717) is 16.9 Å². The van der Waals surface area contributed by atoms with Crippen molar-refractivity contribution in [3.63, 3.8) is 0 Å². The highest BCUT2D eigenvalue weighted by atomic mass is 32.2. The highest BCUT2D eigenvalue weighted by Crippen LogP contribution is 2.25. The Bertz CT molecular complexity index is 649. The number of phenolic OH excluding ortho intramolecular Hbond substituents is 1. The molecule has 6 nitrogen and oxygen atoms in total. The van der Waals surface area contributed by atoms with Crippen molar-refractivity contribution in [2.75, 3.05) is 18.8 Å². The van der Waals surface area contributed by atoms with Crippen LogP contribution in [0.25, 0.3) is 11.5 Å². The van der Waals surface area contributed by atoms with Crippen molar-refractivity contribution in [2.24, 2.45) is 0 Å². The SMILES string of the molecule is O=C(CSc1nnc(-c2ccc(O)cc2)o1)N1CCCCCC1. The molecule has 1 saturated heterocycles. The fraction of sp³-hybridized carbons (Fsp3) is 0.438. The Hall–Kier alpha value is -2.02. The van der Waals surface area contributed by atoms with E-state index in [1.807, 2.05) is 4.90 Å². The Kier molecular flexibility index (Phi) is 5.17. The number of phenols is 1. The lowest BCUT2D eigenvalue weighted by Crippen LogP contribution is -2.33. The molecule has 1 amide bonds. The fourth-order valence-electron chi connectivity index (χ4n) is 2.52. The molecular formula is C16H19N3O3S. The maximum Gasteiger partial charge on any atom is 0.277 e. The standard InChI is InChI=1S/C16H19N3O3S/c20-13-7-5-12(6-8-13)15-17-18-16(22-15)23-11-14(21)19-9-3-1-2-4-10-19/h5-8,20H,1-4,9-11H2. The molecule has 1 aliphatic rings.